The van der Waals surface area contributed by atoms with Gasteiger partial charge in [-0.1, -0.05) is 24.3 Å². The first kappa shape index (κ1) is 9.04. The second-order valence-electron chi connectivity index (χ2n) is 3.23. The molecule has 0 aromatic carbocycles. The molecule has 0 saturated heterocycles. The smallest absolute Gasteiger partial charge is 0.228 e. The first-order valence-electron chi connectivity index (χ1n) is 4.26. The molecule has 0 bridgehead atoms. The molecule has 1 amide bonds. The molecule has 1 rings (SSSR count). The Balaban J connectivity index is 2.58. The Morgan fingerprint density at radius 1 is 1.42 bits per heavy atom. The molecule has 0 aliphatic heterocycles. The Labute approximate surface area is 73.6 Å². The van der Waals surface area contributed by atoms with Gasteiger partial charge < -0.3 is 4.90 Å². The molecule has 2 heteroatoms. The van der Waals surface area contributed by atoms with E-state index in [4.69, 9.17) is 0 Å². The van der Waals surface area contributed by atoms with E-state index in [1.54, 1.807) is 19.0 Å². The zero-order valence-electron chi connectivity index (χ0n) is 7.66. The van der Waals surface area contributed by atoms with Crippen LogP contribution in [-0.2, 0) is 4.79 Å². The topological polar surface area (TPSA) is 20.3 Å². The highest BCUT2D eigenvalue weighted by molar-refractivity contribution is 5.80. The van der Waals surface area contributed by atoms with E-state index >= 15 is 0 Å². The molecule has 66 valence electrons. The summed E-state index contributed by atoms with van der Waals surface area (Å²) in [5, 5.41) is 0. The Bertz CT molecular complexity index is 216. The van der Waals surface area contributed by atoms with Gasteiger partial charge in [0.15, 0.2) is 0 Å². The summed E-state index contributed by atoms with van der Waals surface area (Å²) in [6, 6.07) is 0. The number of hydrogen-bond donors (Lipinski definition) is 0. The summed E-state index contributed by atoms with van der Waals surface area (Å²) in [5.41, 5.74) is 0. The Kier molecular flexibility index (Phi) is 3.09. The van der Waals surface area contributed by atoms with E-state index in [-0.39, 0.29) is 11.8 Å². The van der Waals surface area contributed by atoms with Crippen LogP contribution in [0.15, 0.2) is 24.3 Å². The van der Waals surface area contributed by atoms with Crippen molar-refractivity contribution in [3.63, 3.8) is 0 Å². The molecule has 0 aromatic heterocycles. The Morgan fingerprint density at radius 2 is 2.17 bits per heavy atom. The SMILES string of the molecule is CN(C)C(=O)C1C=CC=CCC1. The standard InChI is InChI=1S/C10H15NO/c1-11(2)10(12)9-7-5-3-4-6-8-9/h3-5,7,9H,6,8H2,1-2H3. The van der Waals surface area contributed by atoms with Crippen LogP contribution in [0.4, 0.5) is 0 Å². The molecule has 0 heterocycles. The van der Waals surface area contributed by atoms with Crippen molar-refractivity contribution in [1.29, 1.82) is 0 Å². The molecule has 1 aliphatic rings. The molecule has 12 heavy (non-hydrogen) atoms. The summed E-state index contributed by atoms with van der Waals surface area (Å²) in [7, 11) is 3.60. The lowest BCUT2D eigenvalue weighted by molar-refractivity contribution is -0.131. The molecule has 0 N–H and O–H groups in total. The van der Waals surface area contributed by atoms with Crippen LogP contribution in [0.25, 0.3) is 0 Å². The average Bonchev–Trinajstić information content (AvgIpc) is 2.30. The van der Waals surface area contributed by atoms with Crippen molar-refractivity contribution < 1.29 is 4.79 Å². The maximum atomic E-state index is 11.5. The van der Waals surface area contributed by atoms with Gasteiger partial charge in [-0.3, -0.25) is 4.79 Å². The zero-order valence-corrected chi connectivity index (χ0v) is 7.66. The number of nitrogens with zero attached hydrogens (tertiary/aromatic N) is 1. The Hall–Kier alpha value is -1.05. The van der Waals surface area contributed by atoms with Crippen LogP contribution < -0.4 is 0 Å². The summed E-state index contributed by atoms with van der Waals surface area (Å²) >= 11 is 0. The highest BCUT2D eigenvalue weighted by Gasteiger charge is 2.16. The van der Waals surface area contributed by atoms with E-state index in [1.165, 1.54) is 0 Å². The highest BCUT2D eigenvalue weighted by Crippen LogP contribution is 2.14. The minimum absolute atomic E-state index is 0.0787. The van der Waals surface area contributed by atoms with E-state index < -0.39 is 0 Å². The van der Waals surface area contributed by atoms with E-state index in [2.05, 4.69) is 6.08 Å². The fourth-order valence-electron chi connectivity index (χ4n) is 1.28. The molecule has 1 unspecified atom stereocenters. The lowest BCUT2D eigenvalue weighted by Crippen LogP contribution is -2.28. The number of rotatable bonds is 1. The van der Waals surface area contributed by atoms with Gasteiger partial charge >= 0.3 is 0 Å². The summed E-state index contributed by atoms with van der Waals surface area (Å²) in [6.45, 7) is 0. The third kappa shape index (κ3) is 2.22. The van der Waals surface area contributed by atoms with E-state index in [9.17, 15) is 4.79 Å². The summed E-state index contributed by atoms with van der Waals surface area (Å²) in [6.07, 6.45) is 9.97. The van der Waals surface area contributed by atoms with Crippen molar-refractivity contribution in [3.05, 3.63) is 24.3 Å². The third-order valence-electron chi connectivity index (χ3n) is 1.99. The number of hydrogen-bond acceptors (Lipinski definition) is 1. The lowest BCUT2D eigenvalue weighted by atomic mass is 10.0. The van der Waals surface area contributed by atoms with Gasteiger partial charge in [0.2, 0.25) is 5.91 Å². The summed E-state index contributed by atoms with van der Waals surface area (Å²) in [4.78, 5) is 13.2. The van der Waals surface area contributed by atoms with Gasteiger partial charge in [0.1, 0.15) is 0 Å². The van der Waals surface area contributed by atoms with Crippen LogP contribution in [0.2, 0.25) is 0 Å². The molecule has 0 spiro atoms. The second kappa shape index (κ2) is 4.10. The van der Waals surface area contributed by atoms with Crippen molar-refractivity contribution >= 4 is 5.91 Å². The minimum atomic E-state index is 0.0787. The number of allylic oxidation sites excluding steroid dienone is 3. The van der Waals surface area contributed by atoms with Crippen molar-refractivity contribution in [1.82, 2.24) is 4.90 Å². The zero-order chi connectivity index (χ0) is 8.97. The van der Waals surface area contributed by atoms with Gasteiger partial charge in [-0.2, -0.15) is 0 Å². The number of carbonyl (C=O) groups is 1. The van der Waals surface area contributed by atoms with Crippen LogP contribution in [0.1, 0.15) is 12.8 Å². The molecular formula is C10H15NO. The summed E-state index contributed by atoms with van der Waals surface area (Å²) < 4.78 is 0. The quantitative estimate of drug-likeness (QED) is 0.578. The van der Waals surface area contributed by atoms with Gasteiger partial charge in [-0.05, 0) is 12.8 Å². The van der Waals surface area contributed by atoms with Gasteiger partial charge in [0.25, 0.3) is 0 Å². The summed E-state index contributed by atoms with van der Waals surface area (Å²) in [5.74, 6) is 0.282. The molecule has 2 nitrogen and oxygen atoms in total. The first-order chi connectivity index (χ1) is 5.72. The largest absolute Gasteiger partial charge is 0.348 e. The van der Waals surface area contributed by atoms with E-state index in [0.29, 0.717) is 0 Å². The molecule has 0 radical (unpaired) electrons. The van der Waals surface area contributed by atoms with Gasteiger partial charge in [0, 0.05) is 14.1 Å². The molecule has 1 atom stereocenters. The van der Waals surface area contributed by atoms with Crippen LogP contribution in [-0.4, -0.2) is 24.9 Å². The van der Waals surface area contributed by atoms with E-state index in [0.717, 1.165) is 12.8 Å². The van der Waals surface area contributed by atoms with E-state index in [1.807, 2.05) is 18.2 Å². The molecule has 0 fully saturated rings. The highest BCUT2D eigenvalue weighted by atomic mass is 16.2. The fourth-order valence-corrected chi connectivity index (χ4v) is 1.28. The van der Waals surface area contributed by atoms with Crippen molar-refractivity contribution in [3.8, 4) is 0 Å². The normalized spacial score (nSPS) is 22.0. The maximum absolute atomic E-state index is 11.5. The molecular weight excluding hydrogens is 150 g/mol. The predicted molar refractivity (Wildman–Crippen MR) is 49.7 cm³/mol. The predicted octanol–water partition coefficient (Wildman–Crippen LogP) is 1.60. The molecule has 0 saturated carbocycles. The lowest BCUT2D eigenvalue weighted by Gasteiger charge is -2.16. The number of carbonyl (C=O) groups excluding carboxylic acids is 1. The Morgan fingerprint density at radius 3 is 2.83 bits per heavy atom. The van der Waals surface area contributed by atoms with Gasteiger partial charge in [-0.25, -0.2) is 0 Å². The van der Waals surface area contributed by atoms with Crippen molar-refractivity contribution in [2.45, 2.75) is 12.8 Å². The monoisotopic (exact) mass is 165 g/mol. The number of amides is 1. The van der Waals surface area contributed by atoms with Crippen LogP contribution in [0.5, 0.6) is 0 Å². The first-order valence-corrected chi connectivity index (χ1v) is 4.26. The minimum Gasteiger partial charge on any atom is -0.348 e. The van der Waals surface area contributed by atoms with Crippen LogP contribution in [0, 0.1) is 5.92 Å². The molecule has 0 aromatic rings. The van der Waals surface area contributed by atoms with Crippen molar-refractivity contribution in [2.75, 3.05) is 14.1 Å². The third-order valence-corrected chi connectivity index (χ3v) is 1.99. The fraction of sp³-hybridized carbons (Fsp3) is 0.500. The van der Waals surface area contributed by atoms with Crippen LogP contribution >= 0.6 is 0 Å². The maximum Gasteiger partial charge on any atom is 0.228 e. The molecule has 1 aliphatic carbocycles. The van der Waals surface area contributed by atoms with Crippen molar-refractivity contribution in [2.24, 2.45) is 5.92 Å². The van der Waals surface area contributed by atoms with Gasteiger partial charge in [-0.15, -0.1) is 0 Å². The average molecular weight is 165 g/mol. The van der Waals surface area contributed by atoms with Gasteiger partial charge in [0.05, 0.1) is 5.92 Å². The van der Waals surface area contributed by atoms with Crippen LogP contribution in [0.3, 0.4) is 0 Å². The second-order valence-corrected chi connectivity index (χ2v) is 3.23.